The Morgan fingerprint density at radius 1 is 1.56 bits per heavy atom. The standard InChI is InChI=1S/C11H11BrClF2NO2/c1-2-3-9(17)16-8-5-6(13)4-7(12)10(8)18-11(14)15/h4-5,11H,2-3H2,1H3,(H,16,17). The number of alkyl halides is 2. The molecule has 1 aromatic carbocycles. The van der Waals surface area contributed by atoms with Gasteiger partial charge in [0.15, 0.2) is 5.75 Å². The number of benzene rings is 1. The molecule has 3 nitrogen and oxygen atoms in total. The molecule has 0 aliphatic carbocycles. The molecule has 0 fully saturated rings. The first kappa shape index (κ1) is 15.2. The van der Waals surface area contributed by atoms with Crippen LogP contribution >= 0.6 is 27.5 Å². The topological polar surface area (TPSA) is 38.3 Å². The van der Waals surface area contributed by atoms with E-state index in [0.717, 1.165) is 0 Å². The van der Waals surface area contributed by atoms with Gasteiger partial charge in [0.05, 0.1) is 10.2 Å². The van der Waals surface area contributed by atoms with Crippen LogP contribution in [0.25, 0.3) is 0 Å². The maximum atomic E-state index is 12.3. The van der Waals surface area contributed by atoms with Crippen LogP contribution in [0.15, 0.2) is 16.6 Å². The van der Waals surface area contributed by atoms with E-state index in [1.165, 1.54) is 12.1 Å². The molecule has 0 aliphatic rings. The smallest absolute Gasteiger partial charge is 0.387 e. The molecule has 0 radical (unpaired) electrons. The Morgan fingerprint density at radius 3 is 2.78 bits per heavy atom. The fourth-order valence-corrected chi connectivity index (χ4v) is 2.21. The van der Waals surface area contributed by atoms with Crippen molar-refractivity contribution in [1.29, 1.82) is 0 Å². The van der Waals surface area contributed by atoms with Crippen molar-refractivity contribution in [3.8, 4) is 5.75 Å². The highest BCUT2D eigenvalue weighted by Gasteiger charge is 2.16. The summed E-state index contributed by atoms with van der Waals surface area (Å²) < 4.78 is 29.2. The summed E-state index contributed by atoms with van der Waals surface area (Å²) in [5.74, 6) is -0.426. The lowest BCUT2D eigenvalue weighted by Crippen LogP contribution is -2.13. The molecule has 1 rings (SSSR count). The first-order valence-corrected chi connectivity index (χ1v) is 6.34. The maximum absolute atomic E-state index is 12.3. The molecule has 0 heterocycles. The fourth-order valence-electron chi connectivity index (χ4n) is 1.30. The van der Waals surface area contributed by atoms with E-state index >= 15 is 0 Å². The third-order valence-corrected chi connectivity index (χ3v) is 2.77. The van der Waals surface area contributed by atoms with Gasteiger partial charge in [-0.15, -0.1) is 0 Å². The maximum Gasteiger partial charge on any atom is 0.387 e. The average molecular weight is 343 g/mol. The Hall–Kier alpha value is -0.880. The lowest BCUT2D eigenvalue weighted by molar-refractivity contribution is -0.116. The van der Waals surface area contributed by atoms with E-state index in [4.69, 9.17) is 11.6 Å². The molecule has 1 amide bonds. The van der Waals surface area contributed by atoms with E-state index in [9.17, 15) is 13.6 Å². The molecule has 0 bridgehead atoms. The number of hydrogen-bond acceptors (Lipinski definition) is 2. The second-order valence-corrected chi connectivity index (χ2v) is 4.73. The Balaban J connectivity index is 3.03. The minimum atomic E-state index is -2.98. The summed E-state index contributed by atoms with van der Waals surface area (Å²) in [5.41, 5.74) is 0.119. The Bertz CT molecular complexity index is 443. The number of hydrogen-bond donors (Lipinski definition) is 1. The summed E-state index contributed by atoms with van der Waals surface area (Å²) in [6, 6.07) is 2.77. The zero-order chi connectivity index (χ0) is 13.7. The number of anilines is 1. The molecule has 0 atom stereocenters. The first-order valence-electron chi connectivity index (χ1n) is 5.17. The van der Waals surface area contributed by atoms with Gasteiger partial charge in [-0.3, -0.25) is 4.79 Å². The van der Waals surface area contributed by atoms with Crippen molar-refractivity contribution in [2.75, 3.05) is 5.32 Å². The summed E-state index contributed by atoms with van der Waals surface area (Å²) in [7, 11) is 0. The summed E-state index contributed by atoms with van der Waals surface area (Å²) in [5, 5.41) is 2.79. The number of carbonyl (C=O) groups excluding carboxylic acids is 1. The van der Waals surface area contributed by atoms with Crippen molar-refractivity contribution < 1.29 is 18.3 Å². The van der Waals surface area contributed by atoms with Gasteiger partial charge >= 0.3 is 6.61 Å². The molecular formula is C11H11BrClF2NO2. The second kappa shape index (κ2) is 6.89. The highest BCUT2D eigenvalue weighted by molar-refractivity contribution is 9.10. The minimum Gasteiger partial charge on any atom is -0.431 e. The molecule has 0 aliphatic heterocycles. The molecule has 0 spiro atoms. The van der Waals surface area contributed by atoms with Crippen LogP contribution in [0.1, 0.15) is 19.8 Å². The number of ether oxygens (including phenoxy) is 1. The SMILES string of the molecule is CCCC(=O)Nc1cc(Cl)cc(Br)c1OC(F)F. The summed E-state index contributed by atoms with van der Waals surface area (Å²) in [4.78, 5) is 11.5. The van der Waals surface area contributed by atoms with Crippen LogP contribution in [0, 0.1) is 0 Å². The lowest BCUT2D eigenvalue weighted by Gasteiger charge is -2.14. The molecule has 100 valence electrons. The largest absolute Gasteiger partial charge is 0.431 e. The molecule has 0 saturated heterocycles. The molecule has 0 saturated carbocycles. The van der Waals surface area contributed by atoms with E-state index in [-0.39, 0.29) is 28.2 Å². The number of nitrogens with one attached hydrogen (secondary N) is 1. The van der Waals surface area contributed by atoms with Crippen molar-refractivity contribution in [3.63, 3.8) is 0 Å². The highest BCUT2D eigenvalue weighted by Crippen LogP contribution is 2.37. The van der Waals surface area contributed by atoms with E-state index in [2.05, 4.69) is 26.0 Å². The van der Waals surface area contributed by atoms with Gasteiger partial charge in [0.25, 0.3) is 0 Å². The minimum absolute atomic E-state index is 0.119. The highest BCUT2D eigenvalue weighted by atomic mass is 79.9. The predicted octanol–water partition coefficient (Wildman–Crippen LogP) is 4.44. The lowest BCUT2D eigenvalue weighted by atomic mass is 10.2. The van der Waals surface area contributed by atoms with Crippen LogP contribution in [-0.2, 0) is 4.79 Å². The Morgan fingerprint density at radius 2 is 2.22 bits per heavy atom. The van der Waals surface area contributed by atoms with Gasteiger partial charge in [0, 0.05) is 11.4 Å². The van der Waals surface area contributed by atoms with Crippen LogP contribution in [0.4, 0.5) is 14.5 Å². The Kier molecular flexibility index (Phi) is 5.81. The second-order valence-electron chi connectivity index (χ2n) is 3.44. The van der Waals surface area contributed by atoms with Crippen LogP contribution in [0.3, 0.4) is 0 Å². The van der Waals surface area contributed by atoms with Gasteiger partial charge in [0.2, 0.25) is 5.91 Å². The van der Waals surface area contributed by atoms with E-state index < -0.39 is 6.61 Å². The van der Waals surface area contributed by atoms with Crippen molar-refractivity contribution in [3.05, 3.63) is 21.6 Å². The van der Waals surface area contributed by atoms with Crippen LogP contribution in [0.2, 0.25) is 5.02 Å². The molecule has 18 heavy (non-hydrogen) atoms. The van der Waals surface area contributed by atoms with Gasteiger partial charge in [-0.25, -0.2) is 0 Å². The van der Waals surface area contributed by atoms with Crippen LogP contribution in [-0.4, -0.2) is 12.5 Å². The van der Waals surface area contributed by atoms with Crippen LogP contribution < -0.4 is 10.1 Å². The monoisotopic (exact) mass is 341 g/mol. The summed E-state index contributed by atoms with van der Waals surface area (Å²) in [6.45, 7) is -1.14. The van der Waals surface area contributed by atoms with E-state index in [1.54, 1.807) is 0 Å². The summed E-state index contributed by atoms with van der Waals surface area (Å²) >= 11 is 8.86. The van der Waals surface area contributed by atoms with Gasteiger partial charge in [-0.05, 0) is 34.5 Å². The molecule has 0 aromatic heterocycles. The van der Waals surface area contributed by atoms with E-state index in [1.807, 2.05) is 6.92 Å². The van der Waals surface area contributed by atoms with Crippen molar-refractivity contribution in [2.45, 2.75) is 26.4 Å². The number of carbonyl (C=O) groups is 1. The zero-order valence-electron chi connectivity index (χ0n) is 9.47. The zero-order valence-corrected chi connectivity index (χ0v) is 11.8. The Labute approximate surface area is 117 Å². The number of amides is 1. The molecular weight excluding hydrogens is 331 g/mol. The van der Waals surface area contributed by atoms with Gasteiger partial charge in [-0.2, -0.15) is 8.78 Å². The third kappa shape index (κ3) is 4.42. The molecule has 7 heteroatoms. The predicted molar refractivity (Wildman–Crippen MR) is 69.3 cm³/mol. The van der Waals surface area contributed by atoms with Crippen molar-refractivity contribution in [2.24, 2.45) is 0 Å². The van der Waals surface area contributed by atoms with Gasteiger partial charge in [0.1, 0.15) is 0 Å². The number of halogens is 4. The fraction of sp³-hybridized carbons (Fsp3) is 0.364. The number of rotatable bonds is 5. The first-order chi connectivity index (χ1) is 8.43. The third-order valence-electron chi connectivity index (χ3n) is 1.97. The van der Waals surface area contributed by atoms with Gasteiger partial charge in [-0.1, -0.05) is 18.5 Å². The quantitative estimate of drug-likeness (QED) is 0.859. The van der Waals surface area contributed by atoms with Crippen LogP contribution in [0.5, 0.6) is 5.75 Å². The normalized spacial score (nSPS) is 10.6. The molecule has 1 N–H and O–H groups in total. The molecule has 0 unspecified atom stereocenters. The van der Waals surface area contributed by atoms with Gasteiger partial charge < -0.3 is 10.1 Å². The van der Waals surface area contributed by atoms with Crippen molar-refractivity contribution >= 4 is 39.1 Å². The van der Waals surface area contributed by atoms with Crippen molar-refractivity contribution in [1.82, 2.24) is 0 Å². The summed E-state index contributed by atoms with van der Waals surface area (Å²) in [6.07, 6.45) is 0.941. The van der Waals surface area contributed by atoms with E-state index in [0.29, 0.717) is 11.4 Å². The average Bonchev–Trinajstić information content (AvgIpc) is 2.23. The molecule has 1 aromatic rings.